The first kappa shape index (κ1) is 23.3. The monoisotopic (exact) mass is 481 g/mol. The molecule has 0 spiro atoms. The Morgan fingerprint density at radius 2 is 1.47 bits per heavy atom. The second kappa shape index (κ2) is 9.08. The lowest BCUT2D eigenvalue weighted by Gasteiger charge is -2.43. The summed E-state index contributed by atoms with van der Waals surface area (Å²) in [4.78, 5) is 15.3. The van der Waals surface area contributed by atoms with Gasteiger partial charge in [0.05, 0.1) is 5.60 Å². The van der Waals surface area contributed by atoms with Crippen molar-refractivity contribution < 1.29 is 14.6 Å². The molecular weight excluding hydrogens is 446 g/mol. The van der Waals surface area contributed by atoms with E-state index in [0.717, 1.165) is 24.8 Å². The molecule has 2 aliphatic heterocycles. The summed E-state index contributed by atoms with van der Waals surface area (Å²) in [6, 6.07) is 25.3. The fourth-order valence-corrected chi connectivity index (χ4v) is 6.85. The number of ether oxygens (including phenoxy) is 1. The van der Waals surface area contributed by atoms with Gasteiger partial charge in [-0.15, -0.1) is 0 Å². The summed E-state index contributed by atoms with van der Waals surface area (Å²) in [5.41, 5.74) is 6.30. The minimum absolute atomic E-state index is 0.0136. The van der Waals surface area contributed by atoms with Crippen molar-refractivity contribution in [2.45, 2.75) is 69.6 Å². The standard InChI is InChI=1S/C32H35NO3/c1-21(2)17-22-11-13-23(14-12-22)32(35)18-24-15-16-25(19-32)33(24)31(34)36-20-30-28-9-5-3-7-26(28)27-8-4-6-10-29(27)30/h3-14,21,24-25,30,35H,15-20H2,1-2H3. The molecule has 2 atom stereocenters. The van der Waals surface area contributed by atoms with Crippen molar-refractivity contribution in [3.63, 3.8) is 0 Å². The molecule has 3 aliphatic rings. The van der Waals surface area contributed by atoms with Crippen molar-refractivity contribution in [3.8, 4) is 11.1 Å². The molecule has 2 bridgehead atoms. The largest absolute Gasteiger partial charge is 0.448 e. The molecule has 4 nitrogen and oxygen atoms in total. The van der Waals surface area contributed by atoms with Gasteiger partial charge in [-0.1, -0.05) is 86.6 Å². The van der Waals surface area contributed by atoms with E-state index in [9.17, 15) is 9.90 Å². The number of carbonyl (C=O) groups excluding carboxylic acids is 1. The van der Waals surface area contributed by atoms with Crippen molar-refractivity contribution in [1.29, 1.82) is 0 Å². The summed E-state index contributed by atoms with van der Waals surface area (Å²) in [7, 11) is 0. The summed E-state index contributed by atoms with van der Waals surface area (Å²) in [5, 5.41) is 11.6. The van der Waals surface area contributed by atoms with Crippen LogP contribution in [0.1, 0.15) is 67.7 Å². The minimum Gasteiger partial charge on any atom is -0.448 e. The van der Waals surface area contributed by atoms with Gasteiger partial charge in [0.15, 0.2) is 0 Å². The molecule has 0 aromatic heterocycles. The van der Waals surface area contributed by atoms with Crippen LogP contribution < -0.4 is 0 Å². The molecule has 186 valence electrons. The lowest BCUT2D eigenvalue weighted by molar-refractivity contribution is -0.0531. The molecule has 2 fully saturated rings. The van der Waals surface area contributed by atoms with Crippen LogP contribution in [0, 0.1) is 5.92 Å². The third kappa shape index (κ3) is 4.02. The predicted octanol–water partition coefficient (Wildman–Crippen LogP) is 6.65. The van der Waals surface area contributed by atoms with E-state index in [1.54, 1.807) is 0 Å². The van der Waals surface area contributed by atoms with Crippen molar-refractivity contribution in [2.75, 3.05) is 6.61 Å². The van der Waals surface area contributed by atoms with E-state index in [0.29, 0.717) is 25.4 Å². The Bertz CT molecular complexity index is 1200. The zero-order valence-corrected chi connectivity index (χ0v) is 21.2. The molecule has 0 radical (unpaired) electrons. The molecule has 0 saturated carbocycles. The summed E-state index contributed by atoms with van der Waals surface area (Å²) in [5.74, 6) is 0.667. The van der Waals surface area contributed by atoms with Crippen LogP contribution in [0.2, 0.25) is 0 Å². The highest BCUT2D eigenvalue weighted by molar-refractivity contribution is 5.79. The van der Waals surface area contributed by atoms with Gasteiger partial charge in [0, 0.05) is 30.8 Å². The fraction of sp³-hybridized carbons (Fsp3) is 0.406. The highest BCUT2D eigenvalue weighted by Gasteiger charge is 2.50. The minimum atomic E-state index is -0.887. The van der Waals surface area contributed by atoms with Gasteiger partial charge in [-0.05, 0) is 58.6 Å². The third-order valence-electron chi connectivity index (χ3n) is 8.45. The molecule has 3 aromatic carbocycles. The fourth-order valence-electron chi connectivity index (χ4n) is 6.85. The van der Waals surface area contributed by atoms with E-state index in [2.05, 4.69) is 86.6 Å². The number of rotatable bonds is 5. The Morgan fingerprint density at radius 1 is 0.917 bits per heavy atom. The van der Waals surface area contributed by atoms with Crippen LogP contribution in [-0.2, 0) is 16.8 Å². The number of aliphatic hydroxyl groups is 1. The lowest BCUT2D eigenvalue weighted by atomic mass is 9.80. The van der Waals surface area contributed by atoms with Crippen LogP contribution in [0.5, 0.6) is 0 Å². The van der Waals surface area contributed by atoms with Crippen LogP contribution in [0.4, 0.5) is 4.79 Å². The highest BCUT2D eigenvalue weighted by Crippen LogP contribution is 2.47. The SMILES string of the molecule is CC(C)Cc1ccc(C2(O)CC3CCC(C2)N3C(=O)OCC2c3ccccc3-c3ccccc32)cc1. The van der Waals surface area contributed by atoms with Gasteiger partial charge >= 0.3 is 6.09 Å². The first-order valence-electron chi connectivity index (χ1n) is 13.4. The quantitative estimate of drug-likeness (QED) is 0.444. The van der Waals surface area contributed by atoms with Gasteiger partial charge in [0.25, 0.3) is 0 Å². The summed E-state index contributed by atoms with van der Waals surface area (Å²) in [6.45, 7) is 4.78. The lowest BCUT2D eigenvalue weighted by Crippen LogP contribution is -2.52. The van der Waals surface area contributed by atoms with Gasteiger partial charge in [0.2, 0.25) is 0 Å². The molecular formula is C32H35NO3. The normalized spacial score (nSPS) is 24.6. The number of carbonyl (C=O) groups is 1. The van der Waals surface area contributed by atoms with Crippen LogP contribution in [-0.4, -0.2) is 34.8 Å². The third-order valence-corrected chi connectivity index (χ3v) is 8.45. The first-order valence-corrected chi connectivity index (χ1v) is 13.4. The zero-order chi connectivity index (χ0) is 24.9. The van der Waals surface area contributed by atoms with Crippen LogP contribution >= 0.6 is 0 Å². The van der Waals surface area contributed by atoms with Gasteiger partial charge in [0.1, 0.15) is 6.61 Å². The summed E-state index contributed by atoms with van der Waals surface area (Å²) >= 11 is 0. The van der Waals surface area contributed by atoms with Crippen molar-refractivity contribution in [2.24, 2.45) is 5.92 Å². The molecule has 2 saturated heterocycles. The number of hydrogen-bond donors (Lipinski definition) is 1. The molecule has 1 amide bonds. The Labute approximate surface area is 213 Å². The summed E-state index contributed by atoms with van der Waals surface area (Å²) < 4.78 is 5.99. The Kier molecular flexibility index (Phi) is 5.88. The average Bonchev–Trinajstić information content (AvgIpc) is 3.35. The second-order valence-corrected chi connectivity index (χ2v) is 11.3. The van der Waals surface area contributed by atoms with Crippen LogP contribution in [0.15, 0.2) is 72.8 Å². The Hall–Kier alpha value is -3.11. The van der Waals surface area contributed by atoms with Gasteiger partial charge in [-0.25, -0.2) is 4.79 Å². The topological polar surface area (TPSA) is 49.8 Å². The number of benzene rings is 3. The number of piperidine rings is 1. The molecule has 6 rings (SSSR count). The van der Waals surface area contributed by atoms with Crippen LogP contribution in [0.3, 0.4) is 0 Å². The van der Waals surface area contributed by atoms with Gasteiger partial charge in [-0.2, -0.15) is 0 Å². The van der Waals surface area contributed by atoms with Crippen molar-refractivity contribution in [1.82, 2.24) is 4.90 Å². The maximum absolute atomic E-state index is 13.4. The average molecular weight is 482 g/mol. The van der Waals surface area contributed by atoms with E-state index < -0.39 is 5.60 Å². The maximum Gasteiger partial charge on any atom is 0.410 e. The Morgan fingerprint density at radius 3 is 2.03 bits per heavy atom. The molecule has 1 aliphatic carbocycles. The smallest absolute Gasteiger partial charge is 0.410 e. The van der Waals surface area contributed by atoms with Crippen LogP contribution in [0.25, 0.3) is 11.1 Å². The van der Waals surface area contributed by atoms with E-state index >= 15 is 0 Å². The maximum atomic E-state index is 13.4. The van der Waals surface area contributed by atoms with E-state index in [-0.39, 0.29) is 24.1 Å². The van der Waals surface area contributed by atoms with E-state index in [1.807, 2.05) is 4.90 Å². The molecule has 2 heterocycles. The number of fused-ring (bicyclic) bond motifs is 5. The van der Waals surface area contributed by atoms with Gasteiger partial charge < -0.3 is 14.7 Å². The number of amides is 1. The number of hydrogen-bond acceptors (Lipinski definition) is 3. The molecule has 36 heavy (non-hydrogen) atoms. The number of nitrogens with zero attached hydrogens (tertiary/aromatic N) is 1. The van der Waals surface area contributed by atoms with Crippen molar-refractivity contribution >= 4 is 6.09 Å². The van der Waals surface area contributed by atoms with Crippen molar-refractivity contribution in [3.05, 3.63) is 95.1 Å². The molecule has 2 unspecified atom stereocenters. The first-order chi connectivity index (χ1) is 17.4. The van der Waals surface area contributed by atoms with E-state index in [1.165, 1.54) is 27.8 Å². The Balaban J connectivity index is 1.15. The zero-order valence-electron chi connectivity index (χ0n) is 21.2. The second-order valence-electron chi connectivity index (χ2n) is 11.3. The highest BCUT2D eigenvalue weighted by atomic mass is 16.6. The summed E-state index contributed by atoms with van der Waals surface area (Å²) in [6.07, 6.45) is 3.78. The molecule has 3 aromatic rings. The van der Waals surface area contributed by atoms with Gasteiger partial charge in [-0.3, -0.25) is 0 Å². The van der Waals surface area contributed by atoms with E-state index in [4.69, 9.17) is 4.74 Å². The molecule has 1 N–H and O–H groups in total. The molecule has 4 heteroatoms. The predicted molar refractivity (Wildman–Crippen MR) is 142 cm³/mol.